The molecule has 1 aliphatic rings. The summed E-state index contributed by atoms with van der Waals surface area (Å²) in [5.74, 6) is 2.24. The average molecular weight is 205 g/mol. The van der Waals surface area contributed by atoms with Crippen LogP contribution in [0.2, 0.25) is 0 Å². The van der Waals surface area contributed by atoms with Gasteiger partial charge in [0.1, 0.15) is 11.5 Å². The van der Waals surface area contributed by atoms with Crippen LogP contribution in [0.1, 0.15) is 24.4 Å². The summed E-state index contributed by atoms with van der Waals surface area (Å²) < 4.78 is 5.31. The smallest absolute Gasteiger partial charge is 0.244 e. The maximum atomic E-state index is 11.3. The minimum absolute atomic E-state index is 0.0454. The van der Waals surface area contributed by atoms with Gasteiger partial charge in [-0.25, -0.2) is 0 Å². The second kappa shape index (κ2) is 4.34. The van der Waals surface area contributed by atoms with Crippen molar-refractivity contribution < 1.29 is 9.21 Å². The molecule has 0 spiro atoms. The number of aryl methyl sites for hydroxylation is 1. The first kappa shape index (κ1) is 10.0. The van der Waals surface area contributed by atoms with E-state index >= 15 is 0 Å². The summed E-state index contributed by atoms with van der Waals surface area (Å²) in [6.45, 7) is 2.69. The first-order chi connectivity index (χ1) is 7.24. The molecular weight excluding hydrogens is 190 g/mol. The van der Waals surface area contributed by atoms with Gasteiger partial charge in [-0.3, -0.25) is 4.79 Å². The first-order valence-electron chi connectivity index (χ1n) is 5.26. The van der Waals surface area contributed by atoms with Crippen LogP contribution >= 0.6 is 0 Å². The lowest BCUT2D eigenvalue weighted by Crippen LogP contribution is -2.23. The number of hydrogen-bond acceptors (Lipinski definition) is 2. The number of amides is 1. The highest BCUT2D eigenvalue weighted by Gasteiger charge is 2.20. The van der Waals surface area contributed by atoms with Gasteiger partial charge in [0.15, 0.2) is 0 Å². The van der Waals surface area contributed by atoms with E-state index in [0.717, 1.165) is 12.3 Å². The molecule has 1 heterocycles. The van der Waals surface area contributed by atoms with Gasteiger partial charge in [-0.1, -0.05) is 0 Å². The molecule has 0 atom stereocenters. The van der Waals surface area contributed by atoms with Crippen molar-refractivity contribution in [3.63, 3.8) is 0 Å². The molecule has 0 unspecified atom stereocenters. The molecule has 0 bridgehead atoms. The largest absolute Gasteiger partial charge is 0.462 e. The Labute approximate surface area is 89.2 Å². The van der Waals surface area contributed by atoms with Gasteiger partial charge >= 0.3 is 0 Å². The molecule has 1 amide bonds. The molecule has 0 aromatic carbocycles. The Kier molecular flexibility index (Phi) is 2.90. The zero-order chi connectivity index (χ0) is 10.7. The highest BCUT2D eigenvalue weighted by Crippen LogP contribution is 2.27. The molecule has 1 aromatic rings. The molecule has 1 saturated carbocycles. The average Bonchev–Trinajstić information content (AvgIpc) is 2.95. The van der Waals surface area contributed by atoms with E-state index in [4.69, 9.17) is 4.42 Å². The van der Waals surface area contributed by atoms with Gasteiger partial charge in [0.2, 0.25) is 5.91 Å². The lowest BCUT2D eigenvalue weighted by molar-refractivity contribution is -0.116. The number of hydrogen-bond donors (Lipinski definition) is 1. The number of nitrogens with one attached hydrogen (secondary N) is 1. The van der Waals surface area contributed by atoms with Crippen LogP contribution in [0.4, 0.5) is 0 Å². The van der Waals surface area contributed by atoms with Crippen LogP contribution in [0.25, 0.3) is 6.08 Å². The maximum absolute atomic E-state index is 11.3. The molecule has 1 aliphatic carbocycles. The van der Waals surface area contributed by atoms with Crippen LogP contribution in [0, 0.1) is 12.8 Å². The fraction of sp³-hybridized carbons (Fsp3) is 0.417. The van der Waals surface area contributed by atoms with Crippen molar-refractivity contribution in [3.8, 4) is 0 Å². The molecule has 3 nitrogen and oxygen atoms in total. The van der Waals surface area contributed by atoms with E-state index in [1.165, 1.54) is 18.9 Å². The summed E-state index contributed by atoms with van der Waals surface area (Å²) in [6, 6.07) is 3.72. The van der Waals surface area contributed by atoms with Gasteiger partial charge in [0.25, 0.3) is 0 Å². The van der Waals surface area contributed by atoms with Crippen LogP contribution in [-0.2, 0) is 4.79 Å². The normalized spacial score (nSPS) is 15.8. The predicted octanol–water partition coefficient (Wildman–Crippen LogP) is 2.13. The minimum Gasteiger partial charge on any atom is -0.462 e. The third-order valence-electron chi connectivity index (χ3n) is 2.42. The van der Waals surface area contributed by atoms with E-state index in [1.807, 2.05) is 19.1 Å². The lowest BCUT2D eigenvalue weighted by Gasteiger charge is -1.97. The Morgan fingerprint density at radius 1 is 1.60 bits per heavy atom. The molecule has 0 radical (unpaired) electrons. The Hall–Kier alpha value is -1.51. The van der Waals surface area contributed by atoms with Crippen molar-refractivity contribution in [2.75, 3.05) is 6.54 Å². The van der Waals surface area contributed by atoms with Gasteiger partial charge < -0.3 is 9.73 Å². The van der Waals surface area contributed by atoms with Crippen molar-refractivity contribution in [1.29, 1.82) is 0 Å². The van der Waals surface area contributed by atoms with Crippen LogP contribution in [0.15, 0.2) is 22.6 Å². The maximum Gasteiger partial charge on any atom is 0.244 e. The predicted molar refractivity (Wildman–Crippen MR) is 58.2 cm³/mol. The summed E-state index contributed by atoms with van der Waals surface area (Å²) in [5.41, 5.74) is 0. The number of carbonyl (C=O) groups excluding carboxylic acids is 1. The second-order valence-corrected chi connectivity index (χ2v) is 3.97. The van der Waals surface area contributed by atoms with Crippen molar-refractivity contribution in [2.24, 2.45) is 5.92 Å². The van der Waals surface area contributed by atoms with Crippen molar-refractivity contribution >= 4 is 12.0 Å². The lowest BCUT2D eigenvalue weighted by atomic mass is 10.3. The third-order valence-corrected chi connectivity index (χ3v) is 2.42. The summed E-state index contributed by atoms with van der Waals surface area (Å²) in [5, 5.41) is 2.85. The summed E-state index contributed by atoms with van der Waals surface area (Å²) in [6.07, 6.45) is 5.71. The van der Waals surface area contributed by atoms with E-state index in [2.05, 4.69) is 5.32 Å². The molecule has 80 valence electrons. The highest BCUT2D eigenvalue weighted by molar-refractivity contribution is 5.91. The van der Waals surface area contributed by atoms with Gasteiger partial charge in [-0.05, 0) is 43.9 Å². The third kappa shape index (κ3) is 3.27. The summed E-state index contributed by atoms with van der Waals surface area (Å²) >= 11 is 0. The number of rotatable bonds is 4. The van der Waals surface area contributed by atoms with Crippen LogP contribution in [0.5, 0.6) is 0 Å². The molecule has 2 rings (SSSR count). The standard InChI is InChI=1S/C12H15NO2/c1-9-2-5-11(15-9)6-7-12(14)13-8-10-3-4-10/h2,5-7,10H,3-4,8H2,1H3,(H,13,14)/b7-6+. The van der Waals surface area contributed by atoms with Crippen molar-refractivity contribution in [2.45, 2.75) is 19.8 Å². The quantitative estimate of drug-likeness (QED) is 0.765. The van der Waals surface area contributed by atoms with E-state index in [9.17, 15) is 4.79 Å². The van der Waals surface area contributed by atoms with E-state index < -0.39 is 0 Å². The monoisotopic (exact) mass is 205 g/mol. The van der Waals surface area contributed by atoms with Crippen molar-refractivity contribution in [1.82, 2.24) is 5.32 Å². The Balaban J connectivity index is 1.79. The Morgan fingerprint density at radius 2 is 2.40 bits per heavy atom. The number of carbonyl (C=O) groups is 1. The molecule has 1 aromatic heterocycles. The van der Waals surface area contributed by atoms with Gasteiger partial charge in [-0.15, -0.1) is 0 Å². The fourth-order valence-electron chi connectivity index (χ4n) is 1.33. The van der Waals surface area contributed by atoms with E-state index in [-0.39, 0.29) is 5.91 Å². The van der Waals surface area contributed by atoms with Gasteiger partial charge in [-0.2, -0.15) is 0 Å². The van der Waals surface area contributed by atoms with Crippen LogP contribution < -0.4 is 5.32 Å². The molecule has 3 heteroatoms. The molecule has 1 fully saturated rings. The fourth-order valence-corrected chi connectivity index (χ4v) is 1.33. The zero-order valence-corrected chi connectivity index (χ0v) is 8.82. The zero-order valence-electron chi connectivity index (χ0n) is 8.82. The molecule has 0 saturated heterocycles. The van der Waals surface area contributed by atoms with Crippen LogP contribution in [0.3, 0.4) is 0 Å². The van der Waals surface area contributed by atoms with Crippen LogP contribution in [-0.4, -0.2) is 12.5 Å². The Morgan fingerprint density at radius 3 is 3.00 bits per heavy atom. The van der Waals surface area contributed by atoms with Gasteiger partial charge in [0.05, 0.1) is 0 Å². The topological polar surface area (TPSA) is 42.2 Å². The van der Waals surface area contributed by atoms with Gasteiger partial charge in [0, 0.05) is 12.6 Å². The minimum atomic E-state index is -0.0454. The molecule has 15 heavy (non-hydrogen) atoms. The molecule has 1 N–H and O–H groups in total. The van der Waals surface area contributed by atoms with Crippen molar-refractivity contribution in [3.05, 3.63) is 29.7 Å². The van der Waals surface area contributed by atoms with E-state index in [1.54, 1.807) is 6.08 Å². The summed E-state index contributed by atoms with van der Waals surface area (Å²) in [4.78, 5) is 11.3. The number of furan rings is 1. The first-order valence-corrected chi connectivity index (χ1v) is 5.26. The highest BCUT2D eigenvalue weighted by atomic mass is 16.3. The summed E-state index contributed by atoms with van der Waals surface area (Å²) in [7, 11) is 0. The molecule has 0 aliphatic heterocycles. The second-order valence-electron chi connectivity index (χ2n) is 3.97. The van der Waals surface area contributed by atoms with E-state index in [0.29, 0.717) is 11.7 Å². The SMILES string of the molecule is Cc1ccc(/C=C/C(=O)NCC2CC2)o1. The molecular formula is C12H15NO2. The Bertz CT molecular complexity index is 375.